The number of rotatable bonds is 4. The summed E-state index contributed by atoms with van der Waals surface area (Å²) in [4.78, 5) is 39.4. The molecule has 0 aliphatic carbocycles. The van der Waals surface area contributed by atoms with Gasteiger partial charge in [-0.25, -0.2) is 0 Å². The minimum absolute atomic E-state index is 0.251. The van der Waals surface area contributed by atoms with Crippen molar-refractivity contribution in [1.82, 2.24) is 5.32 Å². The Bertz CT molecular complexity index is 1430. The lowest BCUT2D eigenvalue weighted by atomic mass is 10.1. The highest BCUT2D eigenvalue weighted by atomic mass is 35.5. The van der Waals surface area contributed by atoms with E-state index >= 15 is 0 Å². The lowest BCUT2D eigenvalue weighted by Crippen LogP contribution is -2.26. The van der Waals surface area contributed by atoms with Gasteiger partial charge in [-0.3, -0.25) is 19.3 Å². The molecule has 1 aliphatic rings. The Kier molecular flexibility index (Phi) is 5.74. The Labute approximate surface area is 201 Å². The van der Waals surface area contributed by atoms with Gasteiger partial charge in [0, 0.05) is 17.6 Å². The highest BCUT2D eigenvalue weighted by Crippen LogP contribution is 2.39. The summed E-state index contributed by atoms with van der Waals surface area (Å²) in [5.41, 5.74) is 3.15. The second-order valence-electron chi connectivity index (χ2n) is 7.96. The summed E-state index contributed by atoms with van der Waals surface area (Å²) in [7, 11) is 0. The maximum absolute atomic E-state index is 13.0. The first-order chi connectivity index (χ1) is 16.5. The molecule has 7 heteroatoms. The maximum Gasteiger partial charge on any atom is 0.253 e. The van der Waals surface area contributed by atoms with E-state index in [1.807, 2.05) is 60.7 Å². The van der Waals surface area contributed by atoms with E-state index in [-0.39, 0.29) is 24.1 Å². The summed E-state index contributed by atoms with van der Waals surface area (Å²) in [6.07, 6.45) is -0.251. The fourth-order valence-electron chi connectivity index (χ4n) is 4.08. The zero-order valence-corrected chi connectivity index (χ0v) is 18.8. The molecule has 0 bridgehead atoms. The molecule has 6 nitrogen and oxygen atoms in total. The van der Waals surface area contributed by atoms with Crippen LogP contribution in [-0.2, 0) is 16.1 Å². The van der Waals surface area contributed by atoms with E-state index in [2.05, 4.69) is 10.6 Å². The van der Waals surface area contributed by atoms with Crippen LogP contribution in [0.3, 0.4) is 0 Å². The van der Waals surface area contributed by atoms with Crippen molar-refractivity contribution in [2.24, 2.45) is 0 Å². The first-order valence-electron chi connectivity index (χ1n) is 10.8. The molecule has 0 fully saturated rings. The third-order valence-corrected chi connectivity index (χ3v) is 6.07. The van der Waals surface area contributed by atoms with Crippen LogP contribution < -0.4 is 15.5 Å². The Balaban J connectivity index is 1.42. The van der Waals surface area contributed by atoms with Gasteiger partial charge in [0.2, 0.25) is 11.8 Å². The van der Waals surface area contributed by atoms with Crippen molar-refractivity contribution in [3.63, 3.8) is 0 Å². The topological polar surface area (TPSA) is 78.5 Å². The lowest BCUT2D eigenvalue weighted by molar-refractivity contribution is -0.124. The molecule has 5 rings (SSSR count). The van der Waals surface area contributed by atoms with Gasteiger partial charge < -0.3 is 10.6 Å². The summed E-state index contributed by atoms with van der Waals surface area (Å²) in [5, 5.41) is 7.99. The van der Waals surface area contributed by atoms with Gasteiger partial charge in [0.25, 0.3) is 5.91 Å². The molecule has 0 saturated carbocycles. The zero-order chi connectivity index (χ0) is 23.7. The van der Waals surface area contributed by atoms with Crippen molar-refractivity contribution >= 4 is 57.2 Å². The molecule has 0 spiro atoms. The normalized spacial score (nSPS) is 13.3. The number of fused-ring (bicyclic) bond motifs is 3. The van der Waals surface area contributed by atoms with Crippen molar-refractivity contribution in [3.05, 3.63) is 101 Å². The van der Waals surface area contributed by atoms with E-state index < -0.39 is 0 Å². The van der Waals surface area contributed by atoms with Crippen LogP contribution in [0, 0.1) is 0 Å². The van der Waals surface area contributed by atoms with Gasteiger partial charge in [-0.15, -0.1) is 0 Å². The highest BCUT2D eigenvalue weighted by molar-refractivity contribution is 6.33. The largest absolute Gasteiger partial charge is 0.348 e. The minimum Gasteiger partial charge on any atom is -0.348 e. The quantitative estimate of drug-likeness (QED) is 0.391. The minimum atomic E-state index is -0.344. The molecule has 168 valence electrons. The summed E-state index contributed by atoms with van der Waals surface area (Å²) >= 11 is 6.10. The van der Waals surface area contributed by atoms with Crippen molar-refractivity contribution < 1.29 is 14.4 Å². The van der Waals surface area contributed by atoms with Crippen molar-refractivity contribution in [3.8, 4) is 0 Å². The van der Waals surface area contributed by atoms with E-state index in [4.69, 9.17) is 11.6 Å². The van der Waals surface area contributed by atoms with Crippen LogP contribution in [-0.4, -0.2) is 17.7 Å². The fraction of sp³-hybridized carbons (Fsp3) is 0.0741. The average molecular weight is 470 g/mol. The van der Waals surface area contributed by atoms with Crippen LogP contribution in [0.4, 0.5) is 17.1 Å². The Morgan fingerprint density at radius 3 is 2.44 bits per heavy atom. The van der Waals surface area contributed by atoms with Crippen LogP contribution in [0.5, 0.6) is 0 Å². The number of anilines is 3. The number of amides is 3. The SMILES string of the molecule is O=C1CC(=O)N(c2ccc(CNC(=O)c3ccccc3Cl)cc2)c2ccc3ccccc3c2N1. The van der Waals surface area contributed by atoms with E-state index in [1.165, 1.54) is 0 Å². The molecule has 0 unspecified atom stereocenters. The predicted octanol–water partition coefficient (Wildman–Crippen LogP) is 5.43. The van der Waals surface area contributed by atoms with Crippen LogP contribution in [0.25, 0.3) is 10.8 Å². The number of carbonyl (C=O) groups excluding carboxylic acids is 3. The van der Waals surface area contributed by atoms with E-state index in [0.29, 0.717) is 34.2 Å². The summed E-state index contributed by atoms with van der Waals surface area (Å²) in [6, 6.07) is 25.7. The van der Waals surface area contributed by atoms with Gasteiger partial charge >= 0.3 is 0 Å². The molecule has 1 aliphatic heterocycles. The third kappa shape index (κ3) is 4.11. The number of hydrogen-bond donors (Lipinski definition) is 2. The molecule has 0 aromatic heterocycles. The molecular weight excluding hydrogens is 450 g/mol. The summed E-state index contributed by atoms with van der Waals surface area (Å²) in [6.45, 7) is 0.305. The number of benzene rings is 4. The predicted molar refractivity (Wildman–Crippen MR) is 133 cm³/mol. The van der Waals surface area contributed by atoms with Crippen LogP contribution in [0.1, 0.15) is 22.3 Å². The number of nitrogens with one attached hydrogen (secondary N) is 2. The second-order valence-corrected chi connectivity index (χ2v) is 8.37. The number of nitrogens with zero attached hydrogens (tertiary/aromatic N) is 1. The van der Waals surface area contributed by atoms with Crippen LogP contribution >= 0.6 is 11.6 Å². The number of carbonyl (C=O) groups is 3. The molecule has 1 heterocycles. The monoisotopic (exact) mass is 469 g/mol. The molecule has 3 amide bonds. The fourth-order valence-corrected chi connectivity index (χ4v) is 4.30. The first kappa shape index (κ1) is 21.7. The van der Waals surface area contributed by atoms with Crippen LogP contribution in [0.2, 0.25) is 5.02 Å². The van der Waals surface area contributed by atoms with Crippen LogP contribution in [0.15, 0.2) is 84.9 Å². The highest BCUT2D eigenvalue weighted by Gasteiger charge is 2.28. The lowest BCUT2D eigenvalue weighted by Gasteiger charge is -2.23. The van der Waals surface area contributed by atoms with Gasteiger partial charge in [0.15, 0.2) is 0 Å². The number of hydrogen-bond acceptors (Lipinski definition) is 3. The van der Waals surface area contributed by atoms with Gasteiger partial charge in [-0.05, 0) is 41.3 Å². The average Bonchev–Trinajstić information content (AvgIpc) is 2.97. The molecule has 2 N–H and O–H groups in total. The van der Waals surface area contributed by atoms with Crippen molar-refractivity contribution in [2.45, 2.75) is 13.0 Å². The third-order valence-electron chi connectivity index (χ3n) is 5.74. The van der Waals surface area contributed by atoms with E-state index in [1.54, 1.807) is 29.2 Å². The first-order valence-corrected chi connectivity index (χ1v) is 11.2. The molecular formula is C27H20ClN3O3. The number of halogens is 1. The molecule has 4 aromatic rings. The molecule has 0 atom stereocenters. The Hall–Kier alpha value is -4.16. The van der Waals surface area contributed by atoms with Crippen molar-refractivity contribution in [2.75, 3.05) is 10.2 Å². The summed E-state index contributed by atoms with van der Waals surface area (Å²) < 4.78 is 0. The van der Waals surface area contributed by atoms with E-state index in [9.17, 15) is 14.4 Å². The van der Waals surface area contributed by atoms with Gasteiger partial charge in [-0.2, -0.15) is 0 Å². The summed E-state index contributed by atoms with van der Waals surface area (Å²) in [5.74, 6) is -0.918. The maximum atomic E-state index is 13.0. The van der Waals surface area contributed by atoms with Gasteiger partial charge in [0.1, 0.15) is 6.42 Å². The van der Waals surface area contributed by atoms with Gasteiger partial charge in [-0.1, -0.05) is 66.2 Å². The van der Waals surface area contributed by atoms with E-state index in [0.717, 1.165) is 16.3 Å². The molecule has 4 aromatic carbocycles. The van der Waals surface area contributed by atoms with Crippen molar-refractivity contribution in [1.29, 1.82) is 0 Å². The Morgan fingerprint density at radius 1 is 0.912 bits per heavy atom. The second kappa shape index (κ2) is 9.00. The smallest absolute Gasteiger partial charge is 0.253 e. The standard InChI is InChI=1S/C27H20ClN3O3/c28-22-8-4-3-7-21(22)27(34)29-16-17-9-12-19(13-10-17)31-23-14-11-18-5-1-2-6-20(18)26(23)30-24(32)15-25(31)33/h1-14H,15-16H2,(H,29,34)(H,30,32). The van der Waals surface area contributed by atoms with Gasteiger partial charge in [0.05, 0.1) is 22.0 Å². The molecule has 0 radical (unpaired) electrons. The molecule has 34 heavy (non-hydrogen) atoms. The zero-order valence-electron chi connectivity index (χ0n) is 18.0. The Morgan fingerprint density at radius 2 is 1.65 bits per heavy atom. The molecule has 0 saturated heterocycles.